The molecule has 94 valence electrons. The molecule has 2 nitrogen and oxygen atoms in total. The fourth-order valence-electron chi connectivity index (χ4n) is 1.48. The highest BCUT2D eigenvalue weighted by Gasteiger charge is 2.00. The van der Waals surface area contributed by atoms with Gasteiger partial charge in [0.25, 0.3) is 0 Å². The number of benzene rings is 2. The Morgan fingerprint density at radius 3 is 2.58 bits per heavy atom. The van der Waals surface area contributed by atoms with E-state index in [9.17, 15) is 4.79 Å². The van der Waals surface area contributed by atoms with Crippen molar-refractivity contribution in [3.8, 4) is 11.8 Å². The van der Waals surface area contributed by atoms with E-state index in [1.165, 1.54) is 0 Å². The second kappa shape index (κ2) is 6.21. The molecule has 0 aromatic heterocycles. The van der Waals surface area contributed by atoms with E-state index in [-0.39, 0.29) is 5.91 Å². The molecule has 0 aliphatic carbocycles. The maximum Gasteiger partial charge on any atom is 0.300 e. The molecule has 0 bridgehead atoms. The van der Waals surface area contributed by atoms with Crippen molar-refractivity contribution in [1.82, 2.24) is 0 Å². The molecule has 1 N–H and O–H groups in total. The van der Waals surface area contributed by atoms with Crippen LogP contribution in [0.25, 0.3) is 0 Å². The maximum atomic E-state index is 11.7. The van der Waals surface area contributed by atoms with Crippen molar-refractivity contribution in [2.75, 3.05) is 5.32 Å². The van der Waals surface area contributed by atoms with Crippen LogP contribution in [0.2, 0.25) is 0 Å². The fourth-order valence-corrected chi connectivity index (χ4v) is 1.86. The summed E-state index contributed by atoms with van der Waals surface area (Å²) in [6, 6.07) is 15.1. The van der Waals surface area contributed by atoms with E-state index in [0.29, 0.717) is 0 Å². The van der Waals surface area contributed by atoms with E-state index in [2.05, 4.69) is 33.1 Å². The second-order valence-electron chi connectivity index (χ2n) is 4.03. The Morgan fingerprint density at radius 1 is 1.16 bits per heavy atom. The molecule has 0 aliphatic heterocycles. The number of halogens is 1. The molecule has 2 aromatic carbocycles. The van der Waals surface area contributed by atoms with Crippen molar-refractivity contribution < 1.29 is 4.79 Å². The molecule has 19 heavy (non-hydrogen) atoms. The van der Waals surface area contributed by atoms with Gasteiger partial charge in [0.2, 0.25) is 0 Å². The van der Waals surface area contributed by atoms with Gasteiger partial charge < -0.3 is 5.32 Å². The average Bonchev–Trinajstić information content (AvgIpc) is 2.42. The van der Waals surface area contributed by atoms with Crippen LogP contribution in [0.5, 0.6) is 0 Å². The van der Waals surface area contributed by atoms with Gasteiger partial charge >= 0.3 is 5.91 Å². The molecule has 0 aliphatic rings. The maximum absolute atomic E-state index is 11.7. The lowest BCUT2D eigenvalue weighted by Crippen LogP contribution is -2.08. The Morgan fingerprint density at radius 2 is 1.89 bits per heavy atom. The van der Waals surface area contributed by atoms with Gasteiger partial charge in [-0.05, 0) is 36.8 Å². The molecule has 2 rings (SSSR count). The molecule has 0 spiro atoms. The van der Waals surface area contributed by atoms with Crippen LogP contribution < -0.4 is 5.32 Å². The number of amides is 1. The van der Waals surface area contributed by atoms with Gasteiger partial charge in [0, 0.05) is 21.6 Å². The van der Waals surface area contributed by atoms with Crippen LogP contribution in [0.1, 0.15) is 11.1 Å². The third kappa shape index (κ3) is 3.97. The number of aryl methyl sites for hydroxylation is 1. The largest absolute Gasteiger partial charge is 0.315 e. The quantitative estimate of drug-likeness (QED) is 0.798. The van der Waals surface area contributed by atoms with Gasteiger partial charge in [-0.15, -0.1) is 0 Å². The Bertz CT molecular complexity index is 653. The Balaban J connectivity index is 2.06. The highest BCUT2D eigenvalue weighted by molar-refractivity contribution is 9.10. The number of carbonyl (C=O) groups is 1. The lowest BCUT2D eigenvalue weighted by molar-refractivity contribution is -0.111. The summed E-state index contributed by atoms with van der Waals surface area (Å²) in [6.07, 6.45) is 0. The van der Waals surface area contributed by atoms with Gasteiger partial charge in [0.1, 0.15) is 0 Å². The number of nitrogens with one attached hydrogen (secondary N) is 1. The first-order valence-electron chi connectivity index (χ1n) is 5.79. The van der Waals surface area contributed by atoms with Crippen LogP contribution >= 0.6 is 15.9 Å². The van der Waals surface area contributed by atoms with Crippen molar-refractivity contribution >= 4 is 27.5 Å². The van der Waals surface area contributed by atoms with E-state index >= 15 is 0 Å². The van der Waals surface area contributed by atoms with Crippen molar-refractivity contribution in [3.63, 3.8) is 0 Å². The van der Waals surface area contributed by atoms with Gasteiger partial charge in [0.15, 0.2) is 0 Å². The average molecular weight is 314 g/mol. The normalized spacial score (nSPS) is 9.37. The van der Waals surface area contributed by atoms with Gasteiger partial charge in [-0.2, -0.15) is 0 Å². The van der Waals surface area contributed by atoms with Crippen LogP contribution in [0.4, 0.5) is 5.69 Å². The molecule has 0 radical (unpaired) electrons. The van der Waals surface area contributed by atoms with Crippen LogP contribution in [-0.2, 0) is 4.79 Å². The molecule has 0 atom stereocenters. The molecule has 1 amide bonds. The highest BCUT2D eigenvalue weighted by Crippen LogP contribution is 2.20. The molecule has 0 unspecified atom stereocenters. The van der Waals surface area contributed by atoms with Crippen molar-refractivity contribution in [2.45, 2.75) is 6.92 Å². The summed E-state index contributed by atoms with van der Waals surface area (Å²) < 4.78 is 0.960. The molecule has 3 heteroatoms. The zero-order valence-electron chi connectivity index (χ0n) is 10.4. The predicted molar refractivity (Wildman–Crippen MR) is 80.8 cm³/mol. The molecule has 2 aromatic rings. The van der Waals surface area contributed by atoms with E-state index in [0.717, 1.165) is 21.3 Å². The number of rotatable bonds is 1. The predicted octanol–water partition coefficient (Wildman–Crippen LogP) is 3.75. The Labute approximate surface area is 121 Å². The summed E-state index contributed by atoms with van der Waals surface area (Å²) in [7, 11) is 0. The summed E-state index contributed by atoms with van der Waals surface area (Å²) >= 11 is 3.42. The minimum atomic E-state index is -0.320. The molecular formula is C16H12BrNO. The number of hydrogen-bond donors (Lipinski definition) is 1. The molecule has 0 fully saturated rings. The topological polar surface area (TPSA) is 29.1 Å². The van der Waals surface area contributed by atoms with Crippen LogP contribution in [0, 0.1) is 18.8 Å². The summed E-state index contributed by atoms with van der Waals surface area (Å²) in [5.74, 6) is 5.06. The molecular weight excluding hydrogens is 302 g/mol. The number of anilines is 1. The summed E-state index contributed by atoms with van der Waals surface area (Å²) in [4.78, 5) is 11.7. The van der Waals surface area contributed by atoms with E-state index in [1.54, 1.807) is 0 Å². The lowest BCUT2D eigenvalue weighted by Gasteiger charge is -2.03. The Hall–Kier alpha value is -2.05. The first-order chi connectivity index (χ1) is 9.15. The number of hydrogen-bond acceptors (Lipinski definition) is 1. The molecule has 0 heterocycles. The van der Waals surface area contributed by atoms with Crippen molar-refractivity contribution in [2.24, 2.45) is 0 Å². The second-order valence-corrected chi connectivity index (χ2v) is 4.89. The van der Waals surface area contributed by atoms with Gasteiger partial charge in [-0.25, -0.2) is 0 Å². The van der Waals surface area contributed by atoms with Gasteiger partial charge in [0.05, 0.1) is 0 Å². The Kier molecular flexibility index (Phi) is 4.38. The molecule has 0 saturated heterocycles. The third-order valence-corrected chi connectivity index (χ3v) is 3.38. The van der Waals surface area contributed by atoms with Crippen LogP contribution in [0.3, 0.4) is 0 Å². The van der Waals surface area contributed by atoms with Gasteiger partial charge in [-0.3, -0.25) is 4.79 Å². The van der Waals surface area contributed by atoms with Crippen LogP contribution in [0.15, 0.2) is 53.0 Å². The summed E-state index contributed by atoms with van der Waals surface area (Å²) in [5, 5.41) is 2.74. The standard InChI is InChI=1S/C16H12BrNO/c1-12-7-9-14(11-15(12)17)18-16(19)10-8-13-5-3-2-4-6-13/h2-7,9,11H,1H3,(H,18,19). The fraction of sp³-hybridized carbons (Fsp3) is 0.0625. The van der Waals surface area contributed by atoms with Crippen LogP contribution in [-0.4, -0.2) is 5.91 Å². The summed E-state index contributed by atoms with van der Waals surface area (Å²) in [5.41, 5.74) is 2.67. The van der Waals surface area contributed by atoms with E-state index in [1.807, 2.05) is 55.5 Å². The number of carbonyl (C=O) groups excluding carboxylic acids is 1. The first-order valence-corrected chi connectivity index (χ1v) is 6.58. The van der Waals surface area contributed by atoms with Crippen molar-refractivity contribution in [3.05, 3.63) is 64.1 Å². The summed E-state index contributed by atoms with van der Waals surface area (Å²) in [6.45, 7) is 1.99. The minimum absolute atomic E-state index is 0.320. The third-order valence-electron chi connectivity index (χ3n) is 2.52. The lowest BCUT2D eigenvalue weighted by atomic mass is 10.2. The van der Waals surface area contributed by atoms with Crippen molar-refractivity contribution in [1.29, 1.82) is 0 Å². The smallest absolute Gasteiger partial charge is 0.300 e. The monoisotopic (exact) mass is 313 g/mol. The first kappa shape index (κ1) is 13.4. The van der Waals surface area contributed by atoms with E-state index in [4.69, 9.17) is 0 Å². The molecule has 0 saturated carbocycles. The highest BCUT2D eigenvalue weighted by atomic mass is 79.9. The SMILES string of the molecule is Cc1ccc(NC(=O)C#Cc2ccccc2)cc1Br. The minimum Gasteiger partial charge on any atom is -0.315 e. The zero-order chi connectivity index (χ0) is 13.7. The zero-order valence-corrected chi connectivity index (χ0v) is 12.0. The van der Waals surface area contributed by atoms with Gasteiger partial charge in [-0.1, -0.05) is 46.1 Å². The van der Waals surface area contributed by atoms with E-state index < -0.39 is 0 Å².